The number of H-pyrrole nitrogens is 1. The fraction of sp³-hybridized carbons (Fsp3) is 0.125. The van der Waals surface area contributed by atoms with E-state index in [2.05, 4.69) is 10.1 Å². The number of hydrogen-bond acceptors (Lipinski definition) is 5. The summed E-state index contributed by atoms with van der Waals surface area (Å²) in [5.74, 6) is -1.38. The molecule has 23 heavy (non-hydrogen) atoms. The van der Waals surface area contributed by atoms with Gasteiger partial charge in [-0.25, -0.2) is 0 Å². The summed E-state index contributed by atoms with van der Waals surface area (Å²) in [5.41, 5.74) is 8.14. The molecule has 3 aromatic rings. The van der Waals surface area contributed by atoms with E-state index in [0.29, 0.717) is 5.56 Å². The number of benzene rings is 2. The van der Waals surface area contributed by atoms with Gasteiger partial charge in [-0.2, -0.15) is 0 Å². The first kappa shape index (κ1) is 17.5. The number of carbonyl (C=O) groups is 1. The van der Waals surface area contributed by atoms with Gasteiger partial charge in [0.15, 0.2) is 0 Å². The first-order valence-corrected chi connectivity index (χ1v) is 6.78. The third-order valence-corrected chi connectivity index (χ3v) is 3.68. The number of nitrogens with zero attached hydrogens (tertiary/aromatic N) is 1. The van der Waals surface area contributed by atoms with Crippen molar-refractivity contribution in [2.75, 3.05) is 0 Å². The molecule has 0 radical (unpaired) electrons. The molecule has 4 N–H and O–H groups in total. The second kappa shape index (κ2) is 7.14. The van der Waals surface area contributed by atoms with Gasteiger partial charge in [0, 0.05) is 39.8 Å². The molecular formula is C16H14N3NaO3. The third-order valence-electron chi connectivity index (χ3n) is 3.68. The average molecular weight is 319 g/mol. The summed E-state index contributed by atoms with van der Waals surface area (Å²) in [5, 5.41) is 25.2. The predicted molar refractivity (Wildman–Crippen MR) is 81.7 cm³/mol. The van der Waals surface area contributed by atoms with E-state index < -0.39 is 12.0 Å². The monoisotopic (exact) mass is 319 g/mol. The largest absolute Gasteiger partial charge is 1.00 e. The summed E-state index contributed by atoms with van der Waals surface area (Å²) < 4.78 is 0. The number of carbonyl (C=O) groups excluding carboxylic acids is 1. The predicted octanol–water partition coefficient (Wildman–Crippen LogP) is -2.03. The van der Waals surface area contributed by atoms with Crippen LogP contribution in [0.2, 0.25) is 0 Å². The van der Waals surface area contributed by atoms with Crippen molar-refractivity contribution in [2.24, 2.45) is 10.9 Å². The van der Waals surface area contributed by atoms with Crippen molar-refractivity contribution in [1.29, 1.82) is 0 Å². The van der Waals surface area contributed by atoms with E-state index in [-0.39, 0.29) is 41.7 Å². The van der Waals surface area contributed by atoms with Crippen LogP contribution in [-0.4, -0.2) is 27.9 Å². The number of hydrogen-bond donors (Lipinski definition) is 3. The number of rotatable bonds is 4. The van der Waals surface area contributed by atoms with E-state index in [1.807, 2.05) is 36.4 Å². The molecule has 3 rings (SSSR count). The summed E-state index contributed by atoms with van der Waals surface area (Å²) in [6.07, 6.45) is -0.107. The van der Waals surface area contributed by atoms with Gasteiger partial charge in [0.05, 0.1) is 11.7 Å². The van der Waals surface area contributed by atoms with Crippen molar-refractivity contribution in [1.82, 2.24) is 4.98 Å². The van der Waals surface area contributed by atoms with E-state index in [4.69, 9.17) is 10.9 Å². The number of carboxylic acid groups (broad SMARTS) is 1. The molecule has 0 spiro atoms. The van der Waals surface area contributed by atoms with Crippen LogP contribution >= 0.6 is 0 Å². The number of carboxylic acids is 1. The topological polar surface area (TPSA) is 115 Å². The second-order valence-electron chi connectivity index (χ2n) is 5.11. The third kappa shape index (κ3) is 3.40. The van der Waals surface area contributed by atoms with Gasteiger partial charge >= 0.3 is 29.6 Å². The van der Waals surface area contributed by atoms with Crippen LogP contribution in [0.5, 0.6) is 0 Å². The molecule has 1 atom stereocenters. The maximum Gasteiger partial charge on any atom is 1.00 e. The van der Waals surface area contributed by atoms with Crippen molar-refractivity contribution in [3.8, 4) is 0 Å². The van der Waals surface area contributed by atoms with Gasteiger partial charge < -0.3 is 25.8 Å². The van der Waals surface area contributed by atoms with Crippen LogP contribution in [0.25, 0.3) is 21.8 Å². The van der Waals surface area contributed by atoms with Crippen LogP contribution in [0, 0.1) is 0 Å². The Morgan fingerprint density at radius 2 is 1.91 bits per heavy atom. The molecule has 1 unspecified atom stereocenters. The van der Waals surface area contributed by atoms with Gasteiger partial charge in [0.2, 0.25) is 0 Å². The van der Waals surface area contributed by atoms with Gasteiger partial charge in [-0.1, -0.05) is 35.5 Å². The van der Waals surface area contributed by atoms with E-state index >= 15 is 0 Å². The average Bonchev–Trinajstić information content (AvgIpc) is 2.89. The fourth-order valence-corrected chi connectivity index (χ4v) is 2.54. The van der Waals surface area contributed by atoms with Crippen molar-refractivity contribution in [2.45, 2.75) is 12.5 Å². The van der Waals surface area contributed by atoms with Crippen molar-refractivity contribution < 1.29 is 44.7 Å². The van der Waals surface area contributed by atoms with E-state index in [1.165, 1.54) is 0 Å². The molecular weight excluding hydrogens is 305 g/mol. The van der Waals surface area contributed by atoms with Gasteiger partial charge in [0.25, 0.3) is 0 Å². The molecule has 0 bridgehead atoms. The summed E-state index contributed by atoms with van der Waals surface area (Å²) in [6, 6.07) is 12.2. The van der Waals surface area contributed by atoms with Crippen molar-refractivity contribution in [3.63, 3.8) is 0 Å². The Hall–Kier alpha value is -1.86. The minimum atomic E-state index is -1.38. The number of aromatic nitrogens is 1. The Labute approximate surface area is 154 Å². The van der Waals surface area contributed by atoms with Crippen molar-refractivity contribution in [3.05, 3.63) is 48.0 Å². The normalized spacial score (nSPS) is 13.0. The molecule has 6 nitrogen and oxygen atoms in total. The zero-order chi connectivity index (χ0) is 15.7. The van der Waals surface area contributed by atoms with Crippen LogP contribution < -0.4 is 40.4 Å². The molecule has 1 aromatic heterocycles. The van der Waals surface area contributed by atoms with Gasteiger partial charge in [-0.15, -0.1) is 0 Å². The van der Waals surface area contributed by atoms with E-state index in [0.717, 1.165) is 21.8 Å². The van der Waals surface area contributed by atoms with Gasteiger partial charge in [-0.3, -0.25) is 0 Å². The molecule has 0 aliphatic carbocycles. The molecule has 0 saturated heterocycles. The zero-order valence-corrected chi connectivity index (χ0v) is 14.6. The molecule has 0 aliphatic heterocycles. The molecule has 112 valence electrons. The minimum Gasteiger partial charge on any atom is -0.548 e. The second-order valence-corrected chi connectivity index (χ2v) is 5.11. The number of nitrogens with one attached hydrogen (secondary N) is 1. The number of para-hydroxylation sites is 1. The Morgan fingerprint density at radius 1 is 1.22 bits per heavy atom. The van der Waals surface area contributed by atoms with Gasteiger partial charge in [-0.05, 0) is 12.1 Å². The number of fused-ring (bicyclic) bond motifs is 3. The summed E-state index contributed by atoms with van der Waals surface area (Å²) in [4.78, 5) is 14.0. The molecule has 0 amide bonds. The first-order valence-electron chi connectivity index (χ1n) is 6.78. The van der Waals surface area contributed by atoms with E-state index in [1.54, 1.807) is 6.07 Å². The number of aliphatic carboxylic acids is 1. The van der Waals surface area contributed by atoms with Crippen LogP contribution in [0.15, 0.2) is 47.6 Å². The summed E-state index contributed by atoms with van der Waals surface area (Å²) >= 11 is 0. The van der Waals surface area contributed by atoms with E-state index in [9.17, 15) is 9.90 Å². The number of aromatic amines is 1. The smallest absolute Gasteiger partial charge is 0.548 e. The first-order chi connectivity index (χ1) is 10.6. The fourth-order valence-electron chi connectivity index (χ4n) is 2.54. The maximum absolute atomic E-state index is 10.7. The van der Waals surface area contributed by atoms with Crippen LogP contribution in [0.1, 0.15) is 12.0 Å². The Morgan fingerprint density at radius 3 is 2.61 bits per heavy atom. The van der Waals surface area contributed by atoms with Gasteiger partial charge in [0.1, 0.15) is 0 Å². The molecule has 7 heteroatoms. The molecule has 0 aliphatic rings. The van der Waals surface area contributed by atoms with Crippen molar-refractivity contribution >= 4 is 33.5 Å². The standard InChI is InChI=1S/C16H15N3O3.Na/c17-12(16(20)21)8-14(19-22)9-5-6-11-10-3-1-2-4-13(10)18-15(11)7-9;/h1-7,12,18,22H,8,17H2,(H,20,21);/q;+1/p-1. The van der Waals surface area contributed by atoms with Crippen LogP contribution in [-0.2, 0) is 4.79 Å². The van der Waals surface area contributed by atoms with Crippen LogP contribution in [0.4, 0.5) is 0 Å². The minimum absolute atomic E-state index is 0. The SMILES string of the molecule is NC(CC(=NO)c1ccc2c(c1)[nH]c1ccccc12)C(=O)[O-].[Na+]. The number of oxime groups is 1. The van der Waals surface area contributed by atoms with Crippen LogP contribution in [0.3, 0.4) is 0 Å². The Balaban J connectivity index is 0.00000192. The Kier molecular flexibility index (Phi) is 5.43. The molecule has 0 fully saturated rings. The molecule has 1 heterocycles. The maximum atomic E-state index is 10.7. The summed E-state index contributed by atoms with van der Waals surface area (Å²) in [7, 11) is 0. The Bertz CT molecular complexity index is 889. The molecule has 0 saturated carbocycles. The quantitative estimate of drug-likeness (QED) is 0.223. The zero-order valence-electron chi connectivity index (χ0n) is 12.6. The number of nitrogens with two attached hydrogens (primary N) is 1. The summed E-state index contributed by atoms with van der Waals surface area (Å²) in [6.45, 7) is 0. The molecule has 2 aromatic carbocycles.